The van der Waals surface area contributed by atoms with Crippen molar-refractivity contribution in [3.8, 4) is 17.0 Å². The summed E-state index contributed by atoms with van der Waals surface area (Å²) in [5, 5.41) is 13.5. The van der Waals surface area contributed by atoms with Gasteiger partial charge in [0.15, 0.2) is 11.7 Å². The van der Waals surface area contributed by atoms with Gasteiger partial charge >= 0.3 is 0 Å². The molecule has 7 nitrogen and oxygen atoms in total. The Labute approximate surface area is 181 Å². The molecule has 0 atom stereocenters. The molecule has 30 heavy (non-hydrogen) atoms. The average Bonchev–Trinajstić information content (AvgIpc) is 3.41. The number of carbonyl (C=O) groups is 1. The molecule has 2 aromatic carbocycles. The van der Waals surface area contributed by atoms with Crippen LogP contribution in [0.4, 0.5) is 5.13 Å². The van der Waals surface area contributed by atoms with Gasteiger partial charge in [0, 0.05) is 10.9 Å². The minimum absolute atomic E-state index is 0.140. The van der Waals surface area contributed by atoms with Crippen LogP contribution < -0.4 is 10.1 Å². The molecule has 1 amide bonds. The van der Waals surface area contributed by atoms with Crippen LogP contribution in [0.25, 0.3) is 11.3 Å². The van der Waals surface area contributed by atoms with Crippen molar-refractivity contribution in [3.05, 3.63) is 71.4 Å². The molecule has 9 heteroatoms. The molecular weight excluding hydrogens is 420 g/mol. The van der Waals surface area contributed by atoms with Crippen LogP contribution in [0.3, 0.4) is 0 Å². The zero-order valence-corrected chi connectivity index (χ0v) is 17.7. The van der Waals surface area contributed by atoms with Crippen LogP contribution in [0.2, 0.25) is 0 Å². The normalized spacial score (nSPS) is 10.7. The molecule has 0 radical (unpaired) electrons. The summed E-state index contributed by atoms with van der Waals surface area (Å²) in [5.41, 5.74) is 2.95. The number of amides is 1. The van der Waals surface area contributed by atoms with Crippen molar-refractivity contribution in [1.29, 1.82) is 0 Å². The molecule has 0 saturated carbocycles. The Morgan fingerprint density at radius 1 is 1.17 bits per heavy atom. The van der Waals surface area contributed by atoms with Crippen LogP contribution in [-0.4, -0.2) is 26.8 Å². The highest BCUT2D eigenvalue weighted by atomic mass is 32.2. The molecular formula is C21H18N4O3S2. The van der Waals surface area contributed by atoms with Crippen molar-refractivity contribution in [3.63, 3.8) is 0 Å². The van der Waals surface area contributed by atoms with E-state index in [2.05, 4.69) is 20.5 Å². The van der Waals surface area contributed by atoms with Crippen molar-refractivity contribution < 1.29 is 13.9 Å². The maximum Gasteiger partial charge on any atom is 0.277 e. The Bertz CT molecular complexity index is 1130. The molecule has 152 valence electrons. The predicted molar refractivity (Wildman–Crippen MR) is 117 cm³/mol. The lowest BCUT2D eigenvalue weighted by Crippen LogP contribution is -2.13. The maximum atomic E-state index is 12.2. The number of ether oxygens (including phenoxy) is 1. The Kier molecular flexibility index (Phi) is 6.41. The van der Waals surface area contributed by atoms with Gasteiger partial charge in [-0.1, -0.05) is 54.2 Å². The van der Waals surface area contributed by atoms with E-state index in [4.69, 9.17) is 9.15 Å². The SMILES string of the molecule is Cc1cccc(OCc2nnc(SCC(=O)Nc3nc(-c4ccccc4)cs3)o2)c1. The fourth-order valence-electron chi connectivity index (χ4n) is 2.56. The summed E-state index contributed by atoms with van der Waals surface area (Å²) in [5.74, 6) is 1.04. The highest BCUT2D eigenvalue weighted by molar-refractivity contribution is 7.99. The number of nitrogens with one attached hydrogen (secondary N) is 1. The molecule has 2 aromatic heterocycles. The van der Waals surface area contributed by atoms with Gasteiger partial charge < -0.3 is 14.5 Å². The van der Waals surface area contributed by atoms with Crippen LogP contribution >= 0.6 is 23.1 Å². The van der Waals surface area contributed by atoms with Crippen LogP contribution in [-0.2, 0) is 11.4 Å². The van der Waals surface area contributed by atoms with Gasteiger partial charge in [0.1, 0.15) is 5.75 Å². The molecule has 0 spiro atoms. The molecule has 1 N–H and O–H groups in total. The molecule has 0 aliphatic heterocycles. The first-order chi connectivity index (χ1) is 14.7. The van der Waals surface area contributed by atoms with Gasteiger partial charge in [-0.3, -0.25) is 4.79 Å². The quantitative estimate of drug-likeness (QED) is 0.395. The monoisotopic (exact) mass is 438 g/mol. The van der Waals surface area contributed by atoms with Crippen LogP contribution in [0.5, 0.6) is 5.75 Å². The van der Waals surface area contributed by atoms with E-state index in [0.29, 0.717) is 16.2 Å². The summed E-state index contributed by atoms with van der Waals surface area (Å²) >= 11 is 2.55. The number of anilines is 1. The Morgan fingerprint density at radius 2 is 2.03 bits per heavy atom. The number of aryl methyl sites for hydroxylation is 1. The number of nitrogens with zero attached hydrogens (tertiary/aromatic N) is 3. The van der Waals surface area contributed by atoms with Crippen molar-refractivity contribution in [2.45, 2.75) is 18.8 Å². The van der Waals surface area contributed by atoms with Crippen LogP contribution in [0, 0.1) is 6.92 Å². The van der Waals surface area contributed by atoms with Crippen molar-refractivity contribution in [2.24, 2.45) is 0 Å². The number of thiazole rings is 1. The van der Waals surface area contributed by atoms with E-state index in [1.807, 2.05) is 66.9 Å². The summed E-state index contributed by atoms with van der Waals surface area (Å²) in [6, 6.07) is 17.5. The Morgan fingerprint density at radius 3 is 2.87 bits per heavy atom. The molecule has 4 rings (SSSR count). The number of rotatable bonds is 8. The summed E-state index contributed by atoms with van der Waals surface area (Å²) in [4.78, 5) is 16.6. The highest BCUT2D eigenvalue weighted by Gasteiger charge is 2.12. The van der Waals surface area contributed by atoms with Gasteiger partial charge in [-0.25, -0.2) is 4.98 Å². The molecule has 0 aliphatic rings. The van der Waals surface area contributed by atoms with E-state index in [0.717, 1.165) is 34.3 Å². The van der Waals surface area contributed by atoms with E-state index in [1.165, 1.54) is 11.3 Å². The average molecular weight is 439 g/mol. The summed E-state index contributed by atoms with van der Waals surface area (Å²) in [6.45, 7) is 2.16. The van der Waals surface area contributed by atoms with Crippen LogP contribution in [0.15, 0.2) is 69.6 Å². The smallest absolute Gasteiger partial charge is 0.277 e. The zero-order chi connectivity index (χ0) is 20.8. The predicted octanol–water partition coefficient (Wildman–Crippen LogP) is 4.81. The van der Waals surface area contributed by atoms with Crippen molar-refractivity contribution in [1.82, 2.24) is 15.2 Å². The lowest BCUT2D eigenvalue weighted by atomic mass is 10.2. The molecule has 2 heterocycles. The van der Waals surface area contributed by atoms with Crippen molar-refractivity contribution in [2.75, 3.05) is 11.1 Å². The minimum atomic E-state index is -0.190. The lowest BCUT2D eigenvalue weighted by Gasteiger charge is -2.03. The third-order valence-corrected chi connectivity index (χ3v) is 5.52. The number of aromatic nitrogens is 3. The van der Waals surface area contributed by atoms with Gasteiger partial charge in [0.05, 0.1) is 11.4 Å². The molecule has 0 bridgehead atoms. The first kappa shape index (κ1) is 20.1. The van der Waals surface area contributed by atoms with Gasteiger partial charge in [-0.15, -0.1) is 21.5 Å². The van der Waals surface area contributed by atoms with Gasteiger partial charge in [0.2, 0.25) is 5.91 Å². The fourth-order valence-corrected chi connectivity index (χ4v) is 3.88. The number of benzene rings is 2. The Balaban J connectivity index is 1.25. The van der Waals surface area contributed by atoms with Gasteiger partial charge in [0.25, 0.3) is 11.1 Å². The topological polar surface area (TPSA) is 90.1 Å². The number of hydrogen-bond acceptors (Lipinski definition) is 8. The first-order valence-electron chi connectivity index (χ1n) is 9.11. The number of hydrogen-bond donors (Lipinski definition) is 1. The fraction of sp³-hybridized carbons (Fsp3) is 0.143. The van der Waals surface area contributed by atoms with E-state index in [9.17, 15) is 4.79 Å². The van der Waals surface area contributed by atoms with E-state index >= 15 is 0 Å². The third kappa shape index (κ3) is 5.46. The molecule has 0 aliphatic carbocycles. The first-order valence-corrected chi connectivity index (χ1v) is 11.0. The molecule has 0 unspecified atom stereocenters. The van der Waals surface area contributed by atoms with E-state index in [-0.39, 0.29) is 18.3 Å². The second kappa shape index (κ2) is 9.55. The second-order valence-electron chi connectivity index (χ2n) is 6.31. The minimum Gasteiger partial charge on any atom is -0.484 e. The Hall–Kier alpha value is -3.17. The van der Waals surface area contributed by atoms with E-state index in [1.54, 1.807) is 0 Å². The number of thioether (sulfide) groups is 1. The largest absolute Gasteiger partial charge is 0.484 e. The molecule has 0 fully saturated rings. The maximum absolute atomic E-state index is 12.2. The van der Waals surface area contributed by atoms with Gasteiger partial charge in [-0.05, 0) is 24.6 Å². The summed E-state index contributed by atoms with van der Waals surface area (Å²) < 4.78 is 11.2. The second-order valence-corrected chi connectivity index (χ2v) is 8.09. The number of carbonyl (C=O) groups excluding carboxylic acids is 1. The van der Waals surface area contributed by atoms with Crippen molar-refractivity contribution >= 4 is 34.1 Å². The lowest BCUT2D eigenvalue weighted by molar-refractivity contribution is -0.113. The molecule has 4 aromatic rings. The summed E-state index contributed by atoms with van der Waals surface area (Å²) in [6.07, 6.45) is 0. The highest BCUT2D eigenvalue weighted by Crippen LogP contribution is 2.25. The standard InChI is InChI=1S/C21H18N4O3S2/c1-14-6-5-9-16(10-14)27-11-19-24-25-21(28-19)30-13-18(26)23-20-22-17(12-29-20)15-7-3-2-4-8-15/h2-10,12H,11,13H2,1H3,(H,22,23,26). The zero-order valence-electron chi connectivity index (χ0n) is 16.1. The molecule has 0 saturated heterocycles. The van der Waals surface area contributed by atoms with E-state index < -0.39 is 0 Å². The van der Waals surface area contributed by atoms with Crippen LogP contribution in [0.1, 0.15) is 11.5 Å². The third-order valence-electron chi connectivity index (χ3n) is 3.95. The summed E-state index contributed by atoms with van der Waals surface area (Å²) in [7, 11) is 0. The van der Waals surface area contributed by atoms with Gasteiger partial charge in [-0.2, -0.15) is 0 Å².